The van der Waals surface area contributed by atoms with Gasteiger partial charge < -0.3 is 9.16 Å². The Hall–Kier alpha value is -2.02. The summed E-state index contributed by atoms with van der Waals surface area (Å²) < 4.78 is 10.9. The van der Waals surface area contributed by atoms with Crippen LogP contribution in [-0.4, -0.2) is 20.5 Å². The minimum atomic E-state index is -2.35. The Bertz CT molecular complexity index is 604. The van der Waals surface area contributed by atoms with Crippen LogP contribution in [0.3, 0.4) is 0 Å². The molecule has 1 aromatic carbocycles. The Kier molecular flexibility index (Phi) is 9.35. The number of carbonyl (C=O) groups is 2. The second kappa shape index (κ2) is 11.0. The lowest BCUT2D eigenvalue weighted by atomic mass is 10.2. The van der Waals surface area contributed by atoms with E-state index in [1.54, 1.807) is 30.3 Å². The zero-order valence-electron chi connectivity index (χ0n) is 17.3. The Morgan fingerprint density at radius 1 is 0.815 bits per heavy atom. The number of para-hydroxylation sites is 1. The van der Waals surface area contributed by atoms with E-state index in [4.69, 9.17) is 9.16 Å². The molecule has 0 bridgehead atoms. The lowest BCUT2D eigenvalue weighted by Crippen LogP contribution is -2.43. The smallest absolute Gasteiger partial charge is 0.458 e. The highest BCUT2D eigenvalue weighted by Gasteiger charge is 2.40. The van der Waals surface area contributed by atoms with Crippen LogP contribution < -0.4 is 4.74 Å². The Labute approximate surface area is 163 Å². The van der Waals surface area contributed by atoms with Crippen molar-refractivity contribution in [3.63, 3.8) is 0 Å². The number of azo groups is 1. The van der Waals surface area contributed by atoms with E-state index in [1.165, 1.54) is 0 Å². The Morgan fingerprint density at radius 3 is 1.70 bits per heavy atom. The number of carbonyl (C=O) groups excluding carboxylic acids is 2. The number of benzene rings is 1. The minimum absolute atomic E-state index is 0.345. The molecule has 0 heterocycles. The molecule has 0 atom stereocenters. The van der Waals surface area contributed by atoms with Crippen molar-refractivity contribution in [1.29, 1.82) is 0 Å². The van der Waals surface area contributed by atoms with Crippen molar-refractivity contribution in [2.75, 3.05) is 0 Å². The van der Waals surface area contributed by atoms with Crippen LogP contribution >= 0.6 is 0 Å². The van der Waals surface area contributed by atoms with Crippen LogP contribution in [0.25, 0.3) is 0 Å². The zero-order chi connectivity index (χ0) is 20.4. The van der Waals surface area contributed by atoms with E-state index in [1.807, 2.05) is 0 Å². The predicted molar refractivity (Wildman–Crippen MR) is 108 cm³/mol. The van der Waals surface area contributed by atoms with Gasteiger partial charge in [-0.2, -0.15) is 0 Å². The van der Waals surface area contributed by atoms with Crippen LogP contribution in [0, 0.1) is 17.8 Å². The SMILES string of the molecule is CC(C)C[Si](CC(C)C)(CC(C)C)OC(=O)/N=N/C(=O)Oc1ccccc1. The highest BCUT2D eigenvalue weighted by molar-refractivity contribution is 6.75. The summed E-state index contributed by atoms with van der Waals surface area (Å²) in [7, 11) is -2.35. The van der Waals surface area contributed by atoms with Gasteiger partial charge in [-0.3, -0.25) is 0 Å². The largest absolute Gasteiger partial charge is 0.501 e. The molecule has 0 spiro atoms. The van der Waals surface area contributed by atoms with Gasteiger partial charge in [0.2, 0.25) is 0 Å². The maximum Gasteiger partial charge on any atom is 0.458 e. The third kappa shape index (κ3) is 9.47. The van der Waals surface area contributed by atoms with Gasteiger partial charge in [0, 0.05) is 0 Å². The van der Waals surface area contributed by atoms with E-state index >= 15 is 0 Å². The summed E-state index contributed by atoms with van der Waals surface area (Å²) in [5, 5.41) is 6.80. The van der Waals surface area contributed by atoms with Crippen molar-refractivity contribution in [2.24, 2.45) is 28.0 Å². The molecule has 0 radical (unpaired) electrons. The number of ether oxygens (including phenoxy) is 1. The molecular formula is C20H32N2O4Si. The number of amides is 2. The molecule has 2 amide bonds. The first-order chi connectivity index (χ1) is 12.6. The highest BCUT2D eigenvalue weighted by atomic mass is 28.4. The standard InChI is InChI=1S/C20H32N2O4Si/c1-15(2)12-27(13-16(3)4,14-17(5)6)26-20(24)22-21-19(23)25-18-10-8-7-9-11-18/h7-11,15-17H,12-14H2,1-6H3/b22-21+. The number of nitrogens with zero attached hydrogens (tertiary/aromatic N) is 2. The highest BCUT2D eigenvalue weighted by Crippen LogP contribution is 2.33. The number of rotatable bonds is 8. The fourth-order valence-corrected chi connectivity index (χ4v) is 9.13. The van der Waals surface area contributed by atoms with Gasteiger partial charge in [0.1, 0.15) is 5.75 Å². The van der Waals surface area contributed by atoms with Crippen LogP contribution in [0.1, 0.15) is 41.5 Å². The van der Waals surface area contributed by atoms with Gasteiger partial charge in [-0.15, -0.1) is 0 Å². The summed E-state index contributed by atoms with van der Waals surface area (Å²) in [6.07, 6.45) is -1.74. The summed E-state index contributed by atoms with van der Waals surface area (Å²) in [5.41, 5.74) is 0. The molecule has 0 aliphatic carbocycles. The quantitative estimate of drug-likeness (QED) is 0.365. The lowest BCUT2D eigenvalue weighted by Gasteiger charge is -2.34. The van der Waals surface area contributed by atoms with Gasteiger partial charge in [0.15, 0.2) is 0 Å². The second-order valence-electron chi connectivity index (χ2n) is 8.23. The van der Waals surface area contributed by atoms with Crippen molar-refractivity contribution in [1.82, 2.24) is 0 Å². The fraction of sp³-hybridized carbons (Fsp3) is 0.600. The molecular weight excluding hydrogens is 360 g/mol. The molecule has 0 N–H and O–H groups in total. The van der Waals surface area contributed by atoms with Crippen molar-refractivity contribution >= 4 is 20.5 Å². The van der Waals surface area contributed by atoms with E-state index in [0.29, 0.717) is 23.5 Å². The van der Waals surface area contributed by atoms with Gasteiger partial charge in [0.05, 0.1) is 0 Å². The molecule has 0 fully saturated rings. The Morgan fingerprint density at radius 2 is 1.26 bits per heavy atom. The maximum atomic E-state index is 12.3. The van der Waals surface area contributed by atoms with E-state index in [0.717, 1.165) is 18.1 Å². The van der Waals surface area contributed by atoms with Gasteiger partial charge in [-0.25, -0.2) is 9.59 Å². The zero-order valence-corrected chi connectivity index (χ0v) is 18.3. The normalized spacial score (nSPS) is 12.2. The van der Waals surface area contributed by atoms with E-state index in [-0.39, 0.29) is 0 Å². The molecule has 0 saturated heterocycles. The van der Waals surface area contributed by atoms with Gasteiger partial charge in [-0.1, -0.05) is 70.0 Å². The topological polar surface area (TPSA) is 77.3 Å². The molecule has 150 valence electrons. The molecule has 0 unspecified atom stereocenters. The van der Waals surface area contributed by atoms with Crippen LogP contribution in [-0.2, 0) is 4.43 Å². The fourth-order valence-electron chi connectivity index (χ4n) is 3.50. The van der Waals surface area contributed by atoms with Crippen LogP contribution in [0.4, 0.5) is 9.59 Å². The summed E-state index contributed by atoms with van der Waals surface area (Å²) in [5.74, 6) is 1.60. The molecule has 0 aromatic heterocycles. The van der Waals surface area contributed by atoms with E-state index < -0.39 is 20.5 Å². The number of hydrogen-bond acceptors (Lipinski definition) is 4. The number of hydrogen-bond donors (Lipinski definition) is 0. The molecule has 1 rings (SSSR count). The monoisotopic (exact) mass is 392 g/mol. The van der Waals surface area contributed by atoms with Crippen molar-refractivity contribution in [3.8, 4) is 5.75 Å². The first kappa shape index (κ1) is 23.0. The second-order valence-corrected chi connectivity index (χ2v) is 12.0. The molecule has 1 aromatic rings. The summed E-state index contributed by atoms with van der Waals surface area (Å²) in [6, 6.07) is 11.1. The average Bonchev–Trinajstić information content (AvgIpc) is 2.51. The molecule has 6 nitrogen and oxygen atoms in total. The lowest BCUT2D eigenvalue weighted by molar-refractivity contribution is 0.197. The molecule has 27 heavy (non-hydrogen) atoms. The molecule has 0 saturated carbocycles. The van der Waals surface area contributed by atoms with E-state index in [9.17, 15) is 9.59 Å². The van der Waals surface area contributed by atoms with Crippen LogP contribution in [0.2, 0.25) is 18.1 Å². The van der Waals surface area contributed by atoms with E-state index in [2.05, 4.69) is 51.8 Å². The van der Waals surface area contributed by atoms with Gasteiger partial charge in [0.25, 0.3) is 8.32 Å². The van der Waals surface area contributed by atoms with Crippen molar-refractivity contribution in [2.45, 2.75) is 59.7 Å². The average molecular weight is 393 g/mol. The minimum Gasteiger partial charge on any atom is -0.501 e. The van der Waals surface area contributed by atoms with Crippen LogP contribution in [0.5, 0.6) is 5.75 Å². The summed E-state index contributed by atoms with van der Waals surface area (Å²) in [6.45, 7) is 12.8. The molecule has 0 aliphatic rings. The predicted octanol–water partition coefficient (Wildman–Crippen LogP) is 6.69. The van der Waals surface area contributed by atoms with Gasteiger partial charge in [-0.05, 0) is 48.0 Å². The molecule has 7 heteroatoms. The molecule has 0 aliphatic heterocycles. The van der Waals surface area contributed by atoms with Crippen molar-refractivity contribution < 1.29 is 18.8 Å². The summed E-state index contributed by atoms with van der Waals surface area (Å²) >= 11 is 0. The Balaban J connectivity index is 2.82. The van der Waals surface area contributed by atoms with Gasteiger partial charge >= 0.3 is 12.2 Å². The first-order valence-electron chi connectivity index (χ1n) is 9.53. The third-order valence-corrected chi connectivity index (χ3v) is 9.10. The summed E-state index contributed by atoms with van der Waals surface area (Å²) in [4.78, 5) is 24.0. The third-order valence-electron chi connectivity index (χ3n) is 3.81. The van der Waals surface area contributed by atoms with Crippen LogP contribution in [0.15, 0.2) is 40.6 Å². The van der Waals surface area contributed by atoms with Crippen molar-refractivity contribution in [3.05, 3.63) is 30.3 Å². The first-order valence-corrected chi connectivity index (χ1v) is 12.1. The maximum absolute atomic E-state index is 12.3.